The Hall–Kier alpha value is -4.91. The summed E-state index contributed by atoms with van der Waals surface area (Å²) in [5.41, 5.74) is 7.18. The van der Waals surface area contributed by atoms with E-state index in [1.165, 1.54) is 0 Å². The molecule has 7 heteroatoms. The first-order valence-electron chi connectivity index (χ1n) is 13.4. The molecule has 3 N–H and O–H groups in total. The molecular formula is C33H33N5O2. The molecule has 0 fully saturated rings. The van der Waals surface area contributed by atoms with Crippen LogP contribution in [0, 0.1) is 6.92 Å². The lowest BCUT2D eigenvalue weighted by molar-refractivity contribution is 0.102. The molecule has 4 aromatic carbocycles. The van der Waals surface area contributed by atoms with Crippen LogP contribution in [-0.2, 0) is 12.8 Å². The van der Waals surface area contributed by atoms with Crippen LogP contribution in [0.3, 0.4) is 0 Å². The number of nitrogens with one attached hydrogen (secondary N) is 3. The van der Waals surface area contributed by atoms with E-state index >= 15 is 0 Å². The number of nitrogens with zero attached hydrogens (tertiary/aromatic N) is 2. The molecule has 0 radical (unpaired) electrons. The molecule has 0 saturated heterocycles. The number of hydrogen-bond acceptors (Lipinski definition) is 6. The van der Waals surface area contributed by atoms with E-state index in [0.717, 1.165) is 57.7 Å². The van der Waals surface area contributed by atoms with E-state index in [4.69, 9.17) is 14.7 Å². The van der Waals surface area contributed by atoms with Gasteiger partial charge in [0.1, 0.15) is 5.75 Å². The zero-order valence-corrected chi connectivity index (χ0v) is 23.0. The van der Waals surface area contributed by atoms with Crippen molar-refractivity contribution in [3.8, 4) is 5.75 Å². The molecule has 1 heterocycles. The van der Waals surface area contributed by atoms with Crippen molar-refractivity contribution in [1.29, 1.82) is 0 Å². The highest BCUT2D eigenvalue weighted by atomic mass is 16.5. The van der Waals surface area contributed by atoms with Gasteiger partial charge in [-0.15, -0.1) is 0 Å². The molecule has 0 spiro atoms. The number of aromatic nitrogens is 2. The average Bonchev–Trinajstić information content (AvgIpc) is 2.97. The monoisotopic (exact) mass is 531 g/mol. The van der Waals surface area contributed by atoms with Crippen LogP contribution in [0.25, 0.3) is 11.0 Å². The van der Waals surface area contributed by atoms with Crippen molar-refractivity contribution in [2.45, 2.75) is 26.7 Å². The second-order valence-electron chi connectivity index (χ2n) is 9.62. The Morgan fingerprint density at radius 3 is 2.35 bits per heavy atom. The Morgan fingerprint density at radius 2 is 1.57 bits per heavy atom. The SMILES string of the molecule is CCc1ccccc1C(=O)Nc1cccc(CCNc2nc3ccccc3nc2Nc2cc(C)cc(OC)c2)c1. The predicted molar refractivity (Wildman–Crippen MR) is 163 cm³/mol. The predicted octanol–water partition coefficient (Wildman–Crippen LogP) is 7.16. The van der Waals surface area contributed by atoms with Gasteiger partial charge in [-0.1, -0.05) is 49.4 Å². The number of para-hydroxylation sites is 2. The van der Waals surface area contributed by atoms with E-state index in [1.807, 2.05) is 91.9 Å². The molecule has 0 aliphatic heterocycles. The van der Waals surface area contributed by atoms with Gasteiger partial charge in [0.05, 0.1) is 18.1 Å². The number of anilines is 4. The van der Waals surface area contributed by atoms with Crippen LogP contribution in [-0.4, -0.2) is 29.5 Å². The summed E-state index contributed by atoms with van der Waals surface area (Å²) in [6, 6.07) is 29.4. The minimum atomic E-state index is -0.0948. The number of methoxy groups -OCH3 is 1. The Balaban J connectivity index is 1.31. The van der Waals surface area contributed by atoms with E-state index in [-0.39, 0.29) is 5.91 Å². The number of aryl methyl sites for hydroxylation is 2. The van der Waals surface area contributed by atoms with E-state index in [0.29, 0.717) is 23.7 Å². The number of rotatable bonds is 10. The summed E-state index contributed by atoms with van der Waals surface area (Å²) in [7, 11) is 1.66. The van der Waals surface area contributed by atoms with Crippen LogP contribution >= 0.6 is 0 Å². The maximum Gasteiger partial charge on any atom is 0.255 e. The van der Waals surface area contributed by atoms with Crippen LogP contribution in [0.4, 0.5) is 23.0 Å². The van der Waals surface area contributed by atoms with Crippen LogP contribution in [0.2, 0.25) is 0 Å². The third kappa shape index (κ3) is 6.38. The van der Waals surface area contributed by atoms with Gasteiger partial charge in [-0.25, -0.2) is 9.97 Å². The van der Waals surface area contributed by atoms with Crippen LogP contribution in [0.15, 0.2) is 91.0 Å². The summed E-state index contributed by atoms with van der Waals surface area (Å²) in [6.07, 6.45) is 1.54. The fourth-order valence-corrected chi connectivity index (χ4v) is 4.66. The number of amides is 1. The first-order valence-corrected chi connectivity index (χ1v) is 13.4. The van der Waals surface area contributed by atoms with Crippen molar-refractivity contribution in [2.75, 3.05) is 29.6 Å². The fourth-order valence-electron chi connectivity index (χ4n) is 4.66. The van der Waals surface area contributed by atoms with Crippen molar-refractivity contribution in [1.82, 2.24) is 9.97 Å². The van der Waals surface area contributed by atoms with Crippen LogP contribution in [0.5, 0.6) is 5.75 Å². The van der Waals surface area contributed by atoms with Gasteiger partial charge in [-0.05, 0) is 78.9 Å². The van der Waals surface area contributed by atoms with Crippen LogP contribution < -0.4 is 20.7 Å². The molecule has 1 aromatic heterocycles. The van der Waals surface area contributed by atoms with Gasteiger partial charge in [0.25, 0.3) is 5.91 Å². The minimum Gasteiger partial charge on any atom is -0.497 e. The van der Waals surface area contributed by atoms with Crippen molar-refractivity contribution >= 4 is 40.0 Å². The third-order valence-corrected chi connectivity index (χ3v) is 6.65. The largest absolute Gasteiger partial charge is 0.497 e. The average molecular weight is 532 g/mol. The maximum absolute atomic E-state index is 12.9. The Morgan fingerprint density at radius 1 is 0.825 bits per heavy atom. The third-order valence-electron chi connectivity index (χ3n) is 6.65. The van der Waals surface area contributed by atoms with E-state index in [1.54, 1.807) is 7.11 Å². The highest BCUT2D eigenvalue weighted by Crippen LogP contribution is 2.28. The normalized spacial score (nSPS) is 10.8. The highest BCUT2D eigenvalue weighted by Gasteiger charge is 2.12. The summed E-state index contributed by atoms with van der Waals surface area (Å²) in [6.45, 7) is 4.71. The molecule has 5 rings (SSSR count). The van der Waals surface area contributed by atoms with Gasteiger partial charge in [0, 0.05) is 29.5 Å². The summed E-state index contributed by atoms with van der Waals surface area (Å²) < 4.78 is 5.44. The molecule has 0 unspecified atom stereocenters. The summed E-state index contributed by atoms with van der Waals surface area (Å²) in [5, 5.41) is 9.93. The lowest BCUT2D eigenvalue weighted by Gasteiger charge is -2.15. The molecule has 40 heavy (non-hydrogen) atoms. The molecular weight excluding hydrogens is 498 g/mol. The number of fused-ring (bicyclic) bond motifs is 1. The molecule has 0 bridgehead atoms. The van der Waals surface area contributed by atoms with Gasteiger partial charge in [0.15, 0.2) is 11.6 Å². The molecule has 0 saturated carbocycles. The molecule has 0 atom stereocenters. The molecule has 202 valence electrons. The van der Waals surface area contributed by atoms with E-state index in [2.05, 4.69) is 28.9 Å². The fraction of sp³-hybridized carbons (Fsp3) is 0.182. The summed E-state index contributed by atoms with van der Waals surface area (Å²) >= 11 is 0. The number of carbonyl (C=O) groups excluding carboxylic acids is 1. The smallest absolute Gasteiger partial charge is 0.255 e. The van der Waals surface area contributed by atoms with Crippen molar-refractivity contribution in [3.63, 3.8) is 0 Å². The first kappa shape index (κ1) is 26.7. The molecule has 1 amide bonds. The Labute approximate surface area is 234 Å². The minimum absolute atomic E-state index is 0.0948. The Bertz CT molecular complexity index is 1650. The first-order chi connectivity index (χ1) is 19.5. The number of benzene rings is 4. The standard InChI is InChI=1S/C33H33N5O2/c1-4-24-11-5-6-13-28(24)33(39)36-25-12-9-10-23(20-25)16-17-34-31-32(38-30-15-8-7-14-29(30)37-31)35-26-18-22(2)19-27(21-26)40-3/h5-15,18-21H,4,16-17H2,1-3H3,(H,34,37)(H,35,38)(H,36,39). The van der Waals surface area contributed by atoms with Crippen LogP contribution in [0.1, 0.15) is 34.0 Å². The highest BCUT2D eigenvalue weighted by molar-refractivity contribution is 6.05. The van der Waals surface area contributed by atoms with Crippen molar-refractivity contribution < 1.29 is 9.53 Å². The van der Waals surface area contributed by atoms with Gasteiger partial charge in [-0.3, -0.25) is 4.79 Å². The lowest BCUT2D eigenvalue weighted by Crippen LogP contribution is -2.14. The van der Waals surface area contributed by atoms with Crippen molar-refractivity contribution in [3.05, 3.63) is 113 Å². The maximum atomic E-state index is 12.9. The molecule has 0 aliphatic rings. The number of hydrogen-bond donors (Lipinski definition) is 3. The zero-order chi connectivity index (χ0) is 27.9. The topological polar surface area (TPSA) is 88.2 Å². The van der Waals surface area contributed by atoms with Gasteiger partial charge in [-0.2, -0.15) is 0 Å². The summed E-state index contributed by atoms with van der Waals surface area (Å²) in [5.74, 6) is 1.99. The molecule has 7 nitrogen and oxygen atoms in total. The lowest BCUT2D eigenvalue weighted by atomic mass is 10.0. The van der Waals surface area contributed by atoms with Gasteiger partial charge < -0.3 is 20.7 Å². The number of ether oxygens (including phenoxy) is 1. The quantitative estimate of drug-likeness (QED) is 0.177. The molecule has 5 aromatic rings. The van der Waals surface area contributed by atoms with E-state index < -0.39 is 0 Å². The zero-order valence-electron chi connectivity index (χ0n) is 23.0. The number of carbonyl (C=O) groups is 1. The second-order valence-corrected chi connectivity index (χ2v) is 9.62. The van der Waals surface area contributed by atoms with E-state index in [9.17, 15) is 4.79 Å². The summed E-state index contributed by atoms with van der Waals surface area (Å²) in [4.78, 5) is 22.6. The van der Waals surface area contributed by atoms with Gasteiger partial charge >= 0.3 is 0 Å². The molecule has 0 aliphatic carbocycles. The second kappa shape index (κ2) is 12.3. The van der Waals surface area contributed by atoms with Crippen molar-refractivity contribution in [2.24, 2.45) is 0 Å². The Kier molecular flexibility index (Phi) is 8.21. The van der Waals surface area contributed by atoms with Gasteiger partial charge in [0.2, 0.25) is 0 Å².